The van der Waals surface area contributed by atoms with E-state index in [9.17, 15) is 0 Å². The Bertz CT molecular complexity index is 585. The highest BCUT2D eigenvalue weighted by molar-refractivity contribution is 5.70. The van der Waals surface area contributed by atoms with Crippen LogP contribution in [-0.2, 0) is 13.6 Å². The number of ether oxygens (including phenoxy) is 3. The standard InChI is InChI=1S/C13H18N4O3/c1-17-12(9(7-14)15-16-17)8-5-10(18-2)13(20-4)11(6-8)19-3/h5-6H,7,14H2,1-4H3. The van der Waals surface area contributed by atoms with E-state index in [2.05, 4.69) is 10.3 Å². The minimum atomic E-state index is 0.305. The highest BCUT2D eigenvalue weighted by atomic mass is 16.5. The third-order valence-electron chi connectivity index (χ3n) is 3.03. The summed E-state index contributed by atoms with van der Waals surface area (Å²) in [7, 11) is 6.53. The summed E-state index contributed by atoms with van der Waals surface area (Å²) >= 11 is 0. The summed E-state index contributed by atoms with van der Waals surface area (Å²) in [4.78, 5) is 0. The third-order valence-corrected chi connectivity index (χ3v) is 3.03. The van der Waals surface area contributed by atoms with Crippen molar-refractivity contribution < 1.29 is 14.2 Å². The number of hydrogen-bond acceptors (Lipinski definition) is 6. The molecule has 0 aliphatic heterocycles. The average molecular weight is 278 g/mol. The van der Waals surface area contributed by atoms with Gasteiger partial charge in [0.15, 0.2) is 11.5 Å². The van der Waals surface area contributed by atoms with E-state index in [1.54, 1.807) is 26.0 Å². The third kappa shape index (κ3) is 2.27. The molecule has 1 aromatic carbocycles. The van der Waals surface area contributed by atoms with Crippen LogP contribution in [0.3, 0.4) is 0 Å². The van der Waals surface area contributed by atoms with E-state index in [-0.39, 0.29) is 0 Å². The minimum absolute atomic E-state index is 0.305. The van der Waals surface area contributed by atoms with Gasteiger partial charge in [0, 0.05) is 19.2 Å². The lowest BCUT2D eigenvalue weighted by atomic mass is 10.1. The van der Waals surface area contributed by atoms with E-state index in [1.807, 2.05) is 19.2 Å². The SMILES string of the molecule is COc1cc(-c2c(CN)nnn2C)cc(OC)c1OC. The zero-order valence-corrected chi connectivity index (χ0v) is 12.0. The van der Waals surface area contributed by atoms with Crippen LogP contribution < -0.4 is 19.9 Å². The summed E-state index contributed by atoms with van der Waals surface area (Å²) in [6.45, 7) is 0.305. The molecule has 0 aliphatic rings. The normalized spacial score (nSPS) is 10.4. The van der Waals surface area contributed by atoms with Gasteiger partial charge in [0.05, 0.1) is 27.0 Å². The molecule has 0 aliphatic carbocycles. The van der Waals surface area contributed by atoms with Gasteiger partial charge in [-0.2, -0.15) is 0 Å². The van der Waals surface area contributed by atoms with Gasteiger partial charge in [-0.1, -0.05) is 5.21 Å². The van der Waals surface area contributed by atoms with Crippen LogP contribution in [0.2, 0.25) is 0 Å². The fourth-order valence-corrected chi connectivity index (χ4v) is 2.11. The van der Waals surface area contributed by atoms with Crippen molar-refractivity contribution in [2.75, 3.05) is 21.3 Å². The summed E-state index contributed by atoms with van der Waals surface area (Å²) in [5.74, 6) is 1.69. The maximum absolute atomic E-state index is 5.70. The van der Waals surface area contributed by atoms with Gasteiger partial charge in [-0.15, -0.1) is 5.10 Å². The largest absolute Gasteiger partial charge is 0.493 e. The van der Waals surface area contributed by atoms with Crippen LogP contribution >= 0.6 is 0 Å². The smallest absolute Gasteiger partial charge is 0.203 e. The number of benzene rings is 1. The van der Waals surface area contributed by atoms with Crippen molar-refractivity contribution in [1.82, 2.24) is 15.0 Å². The van der Waals surface area contributed by atoms with Gasteiger partial charge in [0.25, 0.3) is 0 Å². The van der Waals surface area contributed by atoms with Gasteiger partial charge >= 0.3 is 0 Å². The summed E-state index contributed by atoms with van der Waals surface area (Å²) in [6.07, 6.45) is 0. The number of nitrogens with two attached hydrogens (primary N) is 1. The van der Waals surface area contributed by atoms with Crippen molar-refractivity contribution in [2.24, 2.45) is 12.8 Å². The van der Waals surface area contributed by atoms with Crippen molar-refractivity contribution in [1.29, 1.82) is 0 Å². The number of hydrogen-bond donors (Lipinski definition) is 1. The second-order valence-electron chi connectivity index (χ2n) is 4.13. The van der Waals surface area contributed by atoms with Crippen molar-refractivity contribution in [2.45, 2.75) is 6.54 Å². The number of aromatic nitrogens is 3. The Balaban J connectivity index is 2.66. The number of methoxy groups -OCH3 is 3. The van der Waals surface area contributed by atoms with Gasteiger partial charge < -0.3 is 19.9 Å². The molecule has 20 heavy (non-hydrogen) atoms. The van der Waals surface area contributed by atoms with Crippen LogP contribution in [0.4, 0.5) is 0 Å². The van der Waals surface area contributed by atoms with E-state index >= 15 is 0 Å². The molecule has 0 spiro atoms. The minimum Gasteiger partial charge on any atom is -0.493 e. The monoisotopic (exact) mass is 278 g/mol. The highest BCUT2D eigenvalue weighted by Gasteiger charge is 2.18. The first-order chi connectivity index (χ1) is 9.65. The first-order valence-electron chi connectivity index (χ1n) is 6.05. The van der Waals surface area contributed by atoms with Crippen LogP contribution in [0.15, 0.2) is 12.1 Å². The Morgan fingerprint density at radius 3 is 2.15 bits per heavy atom. The highest BCUT2D eigenvalue weighted by Crippen LogP contribution is 2.41. The van der Waals surface area contributed by atoms with Crippen LogP contribution in [0.5, 0.6) is 17.2 Å². The fourth-order valence-electron chi connectivity index (χ4n) is 2.11. The van der Waals surface area contributed by atoms with Gasteiger partial charge in [-0.3, -0.25) is 0 Å². The number of aryl methyl sites for hydroxylation is 1. The van der Waals surface area contributed by atoms with Gasteiger partial charge in [0.1, 0.15) is 5.69 Å². The molecular formula is C13H18N4O3. The van der Waals surface area contributed by atoms with Crippen molar-refractivity contribution in [3.8, 4) is 28.5 Å². The maximum Gasteiger partial charge on any atom is 0.203 e. The Hall–Kier alpha value is -2.28. The molecule has 0 atom stereocenters. The van der Waals surface area contributed by atoms with E-state index in [1.165, 1.54) is 0 Å². The quantitative estimate of drug-likeness (QED) is 0.877. The van der Waals surface area contributed by atoms with Crippen LogP contribution in [0.1, 0.15) is 5.69 Å². The van der Waals surface area contributed by atoms with Gasteiger partial charge in [-0.25, -0.2) is 4.68 Å². The molecule has 0 amide bonds. The zero-order valence-electron chi connectivity index (χ0n) is 12.0. The zero-order chi connectivity index (χ0) is 14.7. The fraction of sp³-hybridized carbons (Fsp3) is 0.385. The van der Waals surface area contributed by atoms with E-state index < -0.39 is 0 Å². The Morgan fingerprint density at radius 1 is 1.10 bits per heavy atom. The van der Waals surface area contributed by atoms with E-state index in [4.69, 9.17) is 19.9 Å². The predicted molar refractivity (Wildman–Crippen MR) is 74.0 cm³/mol. The molecule has 7 heteroatoms. The van der Waals surface area contributed by atoms with Crippen LogP contribution in [0.25, 0.3) is 11.3 Å². The molecule has 0 saturated carbocycles. The molecular weight excluding hydrogens is 260 g/mol. The summed E-state index contributed by atoms with van der Waals surface area (Å²) in [5, 5.41) is 8.03. The lowest BCUT2D eigenvalue weighted by molar-refractivity contribution is 0.324. The molecule has 0 fully saturated rings. The maximum atomic E-state index is 5.70. The topological polar surface area (TPSA) is 84.4 Å². The number of rotatable bonds is 5. The summed E-state index contributed by atoms with van der Waals surface area (Å²) in [5.41, 5.74) is 8.09. The molecule has 0 radical (unpaired) electrons. The molecule has 7 nitrogen and oxygen atoms in total. The molecule has 0 unspecified atom stereocenters. The number of nitrogens with zero attached hydrogens (tertiary/aromatic N) is 3. The van der Waals surface area contributed by atoms with Crippen molar-refractivity contribution in [3.05, 3.63) is 17.8 Å². The molecule has 1 heterocycles. The molecule has 2 N–H and O–H groups in total. The molecule has 1 aromatic heterocycles. The Kier molecular flexibility index (Phi) is 4.09. The Morgan fingerprint density at radius 2 is 1.70 bits per heavy atom. The summed E-state index contributed by atoms with van der Waals surface area (Å²) < 4.78 is 17.7. The van der Waals surface area contributed by atoms with Gasteiger partial charge in [0.2, 0.25) is 5.75 Å². The second kappa shape index (κ2) is 5.79. The second-order valence-corrected chi connectivity index (χ2v) is 4.13. The lowest BCUT2D eigenvalue weighted by Gasteiger charge is -2.14. The van der Waals surface area contributed by atoms with Crippen molar-refractivity contribution in [3.63, 3.8) is 0 Å². The first kappa shape index (κ1) is 14.1. The lowest BCUT2D eigenvalue weighted by Crippen LogP contribution is -2.02. The van der Waals surface area contributed by atoms with E-state index in [0.29, 0.717) is 29.5 Å². The van der Waals surface area contributed by atoms with E-state index in [0.717, 1.165) is 11.3 Å². The first-order valence-corrected chi connectivity index (χ1v) is 6.05. The predicted octanol–water partition coefficient (Wildman–Crippen LogP) is 0.967. The Labute approximate surface area is 117 Å². The van der Waals surface area contributed by atoms with Gasteiger partial charge in [-0.05, 0) is 12.1 Å². The summed E-state index contributed by atoms with van der Waals surface area (Å²) in [6, 6.07) is 3.69. The average Bonchev–Trinajstić information content (AvgIpc) is 2.86. The van der Waals surface area contributed by atoms with Crippen LogP contribution in [-0.4, -0.2) is 36.3 Å². The molecule has 2 rings (SSSR count). The molecule has 108 valence electrons. The molecule has 2 aromatic rings. The van der Waals surface area contributed by atoms with Crippen LogP contribution in [0, 0.1) is 0 Å². The van der Waals surface area contributed by atoms with Crippen molar-refractivity contribution >= 4 is 0 Å². The molecule has 0 bridgehead atoms. The molecule has 0 saturated heterocycles.